The van der Waals surface area contributed by atoms with Crippen molar-refractivity contribution in [1.29, 1.82) is 0 Å². The van der Waals surface area contributed by atoms with Gasteiger partial charge in [-0.05, 0) is 96.5 Å². The van der Waals surface area contributed by atoms with Gasteiger partial charge in [-0.15, -0.1) is 6.58 Å². The molecule has 4 aromatic carbocycles. The number of carbonyl (C=O) groups is 2. The average Bonchev–Trinajstić information content (AvgIpc) is 3.93. The summed E-state index contributed by atoms with van der Waals surface area (Å²) in [6, 6.07) is 30.3. The second-order valence-corrected chi connectivity index (χ2v) is 20.5. The van der Waals surface area contributed by atoms with Crippen LogP contribution in [0.2, 0.25) is 0 Å². The van der Waals surface area contributed by atoms with E-state index >= 15 is 4.79 Å². The second-order valence-electron chi connectivity index (χ2n) is 20.5. The van der Waals surface area contributed by atoms with Gasteiger partial charge in [0.15, 0.2) is 11.5 Å². The lowest BCUT2D eigenvalue weighted by molar-refractivity contribution is -0.258. The van der Waals surface area contributed by atoms with Gasteiger partial charge in [0.1, 0.15) is 24.1 Å². The molecule has 13 nitrogen and oxygen atoms in total. The number of oxime groups is 1. The van der Waals surface area contributed by atoms with Crippen molar-refractivity contribution in [1.82, 2.24) is 10.2 Å². The lowest BCUT2D eigenvalue weighted by atomic mass is 9.55. The van der Waals surface area contributed by atoms with Crippen LogP contribution in [0.15, 0.2) is 127 Å². The highest BCUT2D eigenvalue weighted by atomic mass is 16.7. The van der Waals surface area contributed by atoms with Crippen LogP contribution in [0.25, 0.3) is 0 Å². The van der Waals surface area contributed by atoms with Crippen molar-refractivity contribution in [2.24, 2.45) is 22.9 Å². The Balaban J connectivity index is 1.24. The van der Waals surface area contributed by atoms with Gasteiger partial charge in [0.05, 0.1) is 18.2 Å². The van der Waals surface area contributed by atoms with E-state index in [-0.39, 0.29) is 69.8 Å². The van der Waals surface area contributed by atoms with E-state index in [9.17, 15) is 15.0 Å². The van der Waals surface area contributed by atoms with E-state index in [1.165, 1.54) is 32.1 Å². The lowest BCUT2D eigenvalue weighted by Gasteiger charge is -2.60. The molecule has 75 heavy (non-hydrogen) atoms. The van der Waals surface area contributed by atoms with E-state index in [4.69, 9.17) is 33.7 Å². The Morgan fingerprint density at radius 3 is 2.21 bits per heavy atom. The Kier molecular flexibility index (Phi) is 20.7. The summed E-state index contributed by atoms with van der Waals surface area (Å²) < 4.78 is 32.5. The molecule has 402 valence electrons. The number of nitrogens with zero attached hydrogens (tertiary/aromatic N) is 2. The molecular weight excluding hydrogens is 947 g/mol. The molecule has 3 N–H and O–H groups in total. The standard InChI is InChI=1S/C62H79N3O10/c1-3-5-6-7-8-9-10-11-18-29-58(68)65(42-47-30-32-55-56(37-47)71-44-70-55)57-40-53(64-73-43-46-25-16-13-17-26-46)51-38-48(27-19-21-34-66)50(28-20-22-35-67)59-52-39-49(74-61(69)63-41-45-23-14-12-15-24-45)31-33-54(52)75-62(57,60(51)59)72-36-4-2/h4,12-17,23-26,30-33,37-39,48,50,57,59-60,66-67H,2-3,5-11,18-22,27-29,34-36,40-44H2,1H3,(H,63,69). The minimum Gasteiger partial charge on any atom is -0.459 e. The van der Waals surface area contributed by atoms with Crippen LogP contribution in [-0.2, 0) is 34.1 Å². The maximum Gasteiger partial charge on any atom is 0.412 e. The molecule has 4 aliphatic rings. The molecule has 0 spiro atoms. The molecule has 6 atom stereocenters. The molecule has 2 aliphatic carbocycles. The van der Waals surface area contributed by atoms with Crippen LogP contribution in [0.4, 0.5) is 4.79 Å². The van der Waals surface area contributed by atoms with Crippen molar-refractivity contribution in [2.45, 2.75) is 154 Å². The zero-order chi connectivity index (χ0) is 52.2. The SMILES string of the molecule is C=CCOC12Oc3ccc(OC(=O)NCc4ccccc4)cc3C3C(CCCCO)C(CCCCO)C=C(C(=NOCc4ccccc4)CC1N(Cc1ccc4c(c1)OCO4)C(=O)CCCCCCCCCCC)C32. The Morgan fingerprint density at radius 1 is 0.787 bits per heavy atom. The van der Waals surface area contributed by atoms with E-state index in [1.807, 2.05) is 95.9 Å². The zero-order valence-electron chi connectivity index (χ0n) is 44.0. The van der Waals surface area contributed by atoms with Gasteiger partial charge in [-0.1, -0.05) is 155 Å². The third-order valence-corrected chi connectivity index (χ3v) is 15.4. The quantitative estimate of drug-likeness (QED) is 0.0261. The normalized spacial score (nSPS) is 21.6. The molecule has 0 radical (unpaired) electrons. The minimum atomic E-state index is -1.47. The second kappa shape index (κ2) is 28.1. The predicted molar refractivity (Wildman–Crippen MR) is 290 cm³/mol. The lowest BCUT2D eigenvalue weighted by Crippen LogP contribution is -2.70. The number of amides is 2. The van der Waals surface area contributed by atoms with E-state index in [1.54, 1.807) is 12.1 Å². The largest absolute Gasteiger partial charge is 0.459 e. The molecular formula is C62H79N3O10. The number of benzene rings is 4. The minimum absolute atomic E-state index is 0.0159. The number of unbranched alkanes of at least 4 members (excludes halogenated alkanes) is 10. The van der Waals surface area contributed by atoms with Gasteiger partial charge in [0.25, 0.3) is 0 Å². The number of ether oxygens (including phenoxy) is 5. The molecule has 2 heterocycles. The average molecular weight is 1030 g/mol. The third kappa shape index (κ3) is 14.2. The van der Waals surface area contributed by atoms with Crippen molar-refractivity contribution >= 4 is 17.7 Å². The Hall–Kier alpha value is -6.15. The van der Waals surface area contributed by atoms with Crippen LogP contribution < -0.4 is 24.3 Å². The van der Waals surface area contributed by atoms with Gasteiger partial charge in [-0.2, -0.15) is 0 Å². The molecule has 0 saturated heterocycles. The van der Waals surface area contributed by atoms with Crippen LogP contribution in [0.3, 0.4) is 0 Å². The summed E-state index contributed by atoms with van der Waals surface area (Å²) in [5.41, 5.74) is 5.26. The first-order valence-corrected chi connectivity index (χ1v) is 27.8. The van der Waals surface area contributed by atoms with Gasteiger partial charge in [-0.25, -0.2) is 4.79 Å². The number of aliphatic hydroxyl groups is 2. The highest BCUT2D eigenvalue weighted by Gasteiger charge is 2.65. The van der Waals surface area contributed by atoms with Crippen LogP contribution in [0, 0.1) is 17.8 Å². The first kappa shape index (κ1) is 55.1. The van der Waals surface area contributed by atoms with Crippen LogP contribution in [-0.4, -0.2) is 71.3 Å². The van der Waals surface area contributed by atoms with E-state index < -0.39 is 23.8 Å². The fraction of sp³-hybridized carbons (Fsp3) is 0.500. The Morgan fingerprint density at radius 2 is 1.48 bits per heavy atom. The van der Waals surface area contributed by atoms with E-state index in [0.29, 0.717) is 54.5 Å². The summed E-state index contributed by atoms with van der Waals surface area (Å²) in [5.74, 6) is -0.141. The smallest absolute Gasteiger partial charge is 0.412 e. The third-order valence-electron chi connectivity index (χ3n) is 15.4. The first-order chi connectivity index (χ1) is 36.8. The number of aliphatic hydroxyl groups excluding tert-OH is 2. The molecule has 0 bridgehead atoms. The van der Waals surface area contributed by atoms with Crippen LogP contribution in [0.1, 0.15) is 144 Å². The summed E-state index contributed by atoms with van der Waals surface area (Å²) >= 11 is 0. The summed E-state index contributed by atoms with van der Waals surface area (Å²) in [6.07, 6.45) is 18.6. The van der Waals surface area contributed by atoms with Gasteiger partial charge < -0.3 is 49.0 Å². The zero-order valence-corrected chi connectivity index (χ0v) is 44.0. The van der Waals surface area contributed by atoms with Gasteiger partial charge in [-0.3, -0.25) is 4.79 Å². The van der Waals surface area contributed by atoms with Crippen molar-refractivity contribution in [3.05, 3.63) is 144 Å². The molecule has 8 rings (SSSR count). The van der Waals surface area contributed by atoms with Crippen LogP contribution in [0.5, 0.6) is 23.0 Å². The number of nitrogens with one attached hydrogen (secondary N) is 1. The van der Waals surface area contributed by atoms with Gasteiger partial charge in [0.2, 0.25) is 18.5 Å². The number of rotatable bonds is 30. The molecule has 1 saturated carbocycles. The Bertz CT molecular complexity index is 2520. The molecule has 2 amide bonds. The molecule has 2 aliphatic heterocycles. The number of hydrogen-bond acceptors (Lipinski definition) is 11. The molecule has 13 heteroatoms. The van der Waals surface area contributed by atoms with Crippen molar-refractivity contribution in [3.8, 4) is 23.0 Å². The van der Waals surface area contributed by atoms with Crippen molar-refractivity contribution < 1.29 is 48.3 Å². The fourth-order valence-corrected chi connectivity index (χ4v) is 11.7. The van der Waals surface area contributed by atoms with E-state index in [2.05, 4.69) is 24.9 Å². The molecule has 4 aromatic rings. The summed E-state index contributed by atoms with van der Waals surface area (Å²) in [5, 5.41) is 28.2. The topological polar surface area (TPSA) is 158 Å². The maximum absolute atomic E-state index is 15.5. The summed E-state index contributed by atoms with van der Waals surface area (Å²) in [4.78, 5) is 37.3. The van der Waals surface area contributed by atoms with Gasteiger partial charge >= 0.3 is 6.09 Å². The van der Waals surface area contributed by atoms with Crippen molar-refractivity contribution in [3.63, 3.8) is 0 Å². The van der Waals surface area contributed by atoms with E-state index in [0.717, 1.165) is 79.2 Å². The molecule has 1 fully saturated rings. The Labute approximate surface area is 444 Å². The highest BCUT2D eigenvalue weighted by molar-refractivity contribution is 6.03. The molecule has 0 aromatic heterocycles. The maximum atomic E-state index is 15.5. The molecule has 6 unspecified atom stereocenters. The summed E-state index contributed by atoms with van der Waals surface area (Å²) in [6.45, 7) is 7.53. The summed E-state index contributed by atoms with van der Waals surface area (Å²) in [7, 11) is 0. The first-order valence-electron chi connectivity index (χ1n) is 27.8. The van der Waals surface area contributed by atoms with Crippen molar-refractivity contribution in [2.75, 3.05) is 26.6 Å². The number of allylic oxidation sites excluding steroid dienone is 1. The number of carbonyl (C=O) groups excluding carboxylic acids is 2. The number of fused-ring (bicyclic) bond motifs is 3. The monoisotopic (exact) mass is 1030 g/mol. The predicted octanol–water partition coefficient (Wildman–Crippen LogP) is 12.5. The number of hydrogen-bond donors (Lipinski definition) is 3. The highest BCUT2D eigenvalue weighted by Crippen LogP contribution is 2.62. The van der Waals surface area contributed by atoms with Gasteiger partial charge in [0, 0.05) is 50.6 Å². The van der Waals surface area contributed by atoms with Crippen LogP contribution >= 0.6 is 0 Å². The fourth-order valence-electron chi connectivity index (χ4n) is 11.7.